The van der Waals surface area contributed by atoms with Crippen molar-refractivity contribution in [1.29, 1.82) is 0 Å². The van der Waals surface area contributed by atoms with Gasteiger partial charge in [-0.05, 0) is 41.8 Å². The number of hydrogen-bond donors (Lipinski definition) is 3. The maximum absolute atomic E-state index is 14.6. The molecule has 1 unspecified atom stereocenters. The highest BCUT2D eigenvalue weighted by Crippen LogP contribution is 2.29. The zero-order valence-electron chi connectivity index (χ0n) is 19.2. The number of carbonyl (C=O) groups excluding carboxylic acids is 1. The Balaban J connectivity index is 1.63. The van der Waals surface area contributed by atoms with Crippen molar-refractivity contribution < 1.29 is 13.6 Å². The van der Waals surface area contributed by atoms with Crippen LogP contribution in [0.15, 0.2) is 81.1 Å². The minimum atomic E-state index is -0.600. The molecule has 3 N–H and O–H groups in total. The molecule has 0 aliphatic carbocycles. The van der Waals surface area contributed by atoms with E-state index in [1.807, 2.05) is 12.1 Å². The van der Waals surface area contributed by atoms with Crippen molar-refractivity contribution in [3.63, 3.8) is 0 Å². The van der Waals surface area contributed by atoms with E-state index in [0.717, 1.165) is 11.1 Å². The van der Waals surface area contributed by atoms with Crippen LogP contribution in [0, 0.1) is 5.82 Å². The second kappa shape index (κ2) is 9.49. The van der Waals surface area contributed by atoms with Gasteiger partial charge in [-0.3, -0.25) is 19.1 Å². The predicted molar refractivity (Wildman–Crippen MR) is 131 cm³/mol. The molecule has 0 fully saturated rings. The maximum atomic E-state index is 14.6. The number of amides is 1. The van der Waals surface area contributed by atoms with Gasteiger partial charge in [0.15, 0.2) is 5.65 Å². The molecule has 1 amide bonds. The lowest BCUT2D eigenvalue weighted by molar-refractivity contribution is -0.114. The Labute approximate surface area is 203 Å². The summed E-state index contributed by atoms with van der Waals surface area (Å²) in [4.78, 5) is 46.7. The number of aromatic nitrogens is 4. The van der Waals surface area contributed by atoms with E-state index in [1.165, 1.54) is 30.1 Å². The first-order valence-corrected chi connectivity index (χ1v) is 11.2. The Morgan fingerprint density at radius 3 is 2.58 bits per heavy atom. The molecule has 0 saturated heterocycles. The van der Waals surface area contributed by atoms with Crippen molar-refractivity contribution in [1.82, 2.24) is 19.5 Å². The minimum absolute atomic E-state index is 0.140. The molecule has 3 aromatic heterocycles. The first-order valence-electron chi connectivity index (χ1n) is 11.2. The van der Waals surface area contributed by atoms with Crippen molar-refractivity contribution in [2.75, 3.05) is 5.32 Å². The smallest absolute Gasteiger partial charge is 0.330 e. The van der Waals surface area contributed by atoms with E-state index in [0.29, 0.717) is 17.1 Å². The highest BCUT2D eigenvalue weighted by atomic mass is 19.1. The molecular formula is C26H22FN5O4. The van der Waals surface area contributed by atoms with Gasteiger partial charge in [0.2, 0.25) is 5.91 Å². The Morgan fingerprint density at radius 1 is 1.11 bits per heavy atom. The number of nitrogens with one attached hydrogen (secondary N) is 3. The van der Waals surface area contributed by atoms with Crippen LogP contribution in [-0.4, -0.2) is 25.4 Å². The summed E-state index contributed by atoms with van der Waals surface area (Å²) in [5, 5.41) is 2.72. The highest BCUT2D eigenvalue weighted by Gasteiger charge is 2.23. The number of fused-ring (bicyclic) bond motifs is 1. The van der Waals surface area contributed by atoms with E-state index >= 15 is 0 Å². The molecule has 10 heteroatoms. The molecule has 0 radical (unpaired) electrons. The summed E-state index contributed by atoms with van der Waals surface area (Å²) in [6.07, 6.45) is 3.25. The summed E-state index contributed by atoms with van der Waals surface area (Å²) in [6, 6.07) is 15.3. The Morgan fingerprint density at radius 2 is 1.89 bits per heavy atom. The van der Waals surface area contributed by atoms with E-state index in [-0.39, 0.29) is 35.9 Å². The van der Waals surface area contributed by atoms with E-state index in [1.54, 1.807) is 36.4 Å². The molecule has 2 aromatic carbocycles. The number of carbonyl (C=O) groups is 1. The zero-order valence-corrected chi connectivity index (χ0v) is 19.2. The molecule has 0 aliphatic heterocycles. The number of furan rings is 1. The summed E-state index contributed by atoms with van der Waals surface area (Å²) >= 11 is 0. The van der Waals surface area contributed by atoms with Crippen LogP contribution >= 0.6 is 0 Å². The second-order valence-corrected chi connectivity index (χ2v) is 8.45. The molecule has 3 heterocycles. The van der Waals surface area contributed by atoms with Gasteiger partial charge >= 0.3 is 5.69 Å². The van der Waals surface area contributed by atoms with Crippen LogP contribution in [-0.2, 0) is 17.8 Å². The van der Waals surface area contributed by atoms with Crippen molar-refractivity contribution in [3.8, 4) is 0 Å². The summed E-state index contributed by atoms with van der Waals surface area (Å²) in [7, 11) is 0. The lowest BCUT2D eigenvalue weighted by Gasteiger charge is -2.16. The van der Waals surface area contributed by atoms with Crippen LogP contribution in [0.4, 0.5) is 10.1 Å². The van der Waals surface area contributed by atoms with E-state index in [2.05, 4.69) is 20.3 Å². The SMILES string of the molecule is CC(=O)Nc1ccc(C(Cc2ccccc2F)c2nc3c([nH]2)c(=O)[nH]c(=O)n3Cc2ccoc2)cc1. The predicted octanol–water partition coefficient (Wildman–Crippen LogP) is 3.53. The lowest BCUT2D eigenvalue weighted by atomic mass is 9.91. The largest absolute Gasteiger partial charge is 0.472 e. The topological polar surface area (TPSA) is 126 Å². The third-order valence-corrected chi connectivity index (χ3v) is 5.92. The molecule has 0 saturated carbocycles. The summed E-state index contributed by atoms with van der Waals surface area (Å²) in [6.45, 7) is 1.57. The van der Waals surface area contributed by atoms with Gasteiger partial charge in [0.05, 0.1) is 19.1 Å². The lowest BCUT2D eigenvalue weighted by Crippen LogP contribution is -2.30. The maximum Gasteiger partial charge on any atom is 0.330 e. The number of nitrogens with zero attached hydrogens (tertiary/aromatic N) is 2. The molecule has 5 rings (SSSR count). The fraction of sp³-hybridized carbons (Fsp3) is 0.154. The molecule has 182 valence electrons. The van der Waals surface area contributed by atoms with Gasteiger partial charge in [-0.2, -0.15) is 0 Å². The molecule has 5 aromatic rings. The zero-order chi connectivity index (χ0) is 25.2. The molecule has 0 spiro atoms. The quantitative estimate of drug-likeness (QED) is 0.324. The summed E-state index contributed by atoms with van der Waals surface area (Å²) < 4.78 is 21.0. The molecular weight excluding hydrogens is 465 g/mol. The van der Waals surface area contributed by atoms with Gasteiger partial charge in [0.1, 0.15) is 17.2 Å². The van der Waals surface area contributed by atoms with Crippen LogP contribution in [0.2, 0.25) is 0 Å². The molecule has 36 heavy (non-hydrogen) atoms. The van der Waals surface area contributed by atoms with Crippen molar-refractivity contribution in [2.24, 2.45) is 0 Å². The van der Waals surface area contributed by atoms with Gasteiger partial charge in [0.25, 0.3) is 5.56 Å². The minimum Gasteiger partial charge on any atom is -0.472 e. The number of aromatic amines is 2. The number of H-pyrrole nitrogens is 2. The molecule has 0 bridgehead atoms. The van der Waals surface area contributed by atoms with Gasteiger partial charge in [-0.1, -0.05) is 30.3 Å². The normalized spacial score (nSPS) is 12.1. The fourth-order valence-corrected chi connectivity index (χ4v) is 4.19. The van der Waals surface area contributed by atoms with Crippen LogP contribution in [0.5, 0.6) is 0 Å². The number of rotatable bonds is 7. The number of hydrogen-bond acceptors (Lipinski definition) is 5. The van der Waals surface area contributed by atoms with E-state index in [9.17, 15) is 18.8 Å². The molecule has 0 aliphatic rings. The van der Waals surface area contributed by atoms with Crippen LogP contribution in [0.3, 0.4) is 0 Å². The number of halogens is 1. The van der Waals surface area contributed by atoms with Crippen molar-refractivity contribution in [3.05, 3.63) is 116 Å². The fourth-order valence-electron chi connectivity index (χ4n) is 4.19. The number of anilines is 1. The van der Waals surface area contributed by atoms with Crippen LogP contribution in [0.25, 0.3) is 11.2 Å². The summed E-state index contributed by atoms with van der Waals surface area (Å²) in [5.41, 5.74) is 1.73. The van der Waals surface area contributed by atoms with Crippen LogP contribution in [0.1, 0.15) is 35.4 Å². The third kappa shape index (κ3) is 4.61. The first-order chi connectivity index (χ1) is 17.4. The Bertz CT molecular complexity index is 1650. The average molecular weight is 487 g/mol. The van der Waals surface area contributed by atoms with Crippen molar-refractivity contribution >= 4 is 22.8 Å². The third-order valence-electron chi connectivity index (χ3n) is 5.92. The Hall–Kier alpha value is -4.73. The van der Waals surface area contributed by atoms with E-state index in [4.69, 9.17) is 4.42 Å². The standard InChI is InChI=1S/C26H22FN5O4/c1-15(33)28-19-8-6-17(7-9-19)20(12-18-4-2-3-5-21(18)27)23-29-22-24(30-23)32(26(35)31-25(22)34)13-16-10-11-36-14-16/h2-11,14,20H,12-13H2,1H3,(H,28,33)(H,29,30)(H,31,34,35). The highest BCUT2D eigenvalue weighted by molar-refractivity contribution is 5.88. The number of benzene rings is 2. The second-order valence-electron chi connectivity index (χ2n) is 8.45. The van der Waals surface area contributed by atoms with Gasteiger partial charge < -0.3 is 14.7 Å². The van der Waals surface area contributed by atoms with Gasteiger partial charge in [-0.25, -0.2) is 14.2 Å². The van der Waals surface area contributed by atoms with Crippen molar-refractivity contribution in [2.45, 2.75) is 25.8 Å². The average Bonchev–Trinajstić information content (AvgIpc) is 3.52. The number of imidazole rings is 1. The van der Waals surface area contributed by atoms with Gasteiger partial charge in [-0.15, -0.1) is 0 Å². The van der Waals surface area contributed by atoms with Crippen LogP contribution < -0.4 is 16.6 Å². The van der Waals surface area contributed by atoms with E-state index < -0.39 is 17.2 Å². The monoisotopic (exact) mass is 487 g/mol. The molecule has 1 atom stereocenters. The van der Waals surface area contributed by atoms with Gasteiger partial charge in [0, 0.05) is 24.1 Å². The Kier molecular flexibility index (Phi) is 6.07. The molecule has 9 nitrogen and oxygen atoms in total. The summed E-state index contributed by atoms with van der Waals surface area (Å²) in [5.74, 6) is -0.629. The first kappa shape index (κ1) is 23.0.